The highest BCUT2D eigenvalue weighted by molar-refractivity contribution is 5.89. The van der Waals surface area contributed by atoms with E-state index in [-0.39, 0.29) is 18.2 Å². The second-order valence-electron chi connectivity index (χ2n) is 8.11. The van der Waals surface area contributed by atoms with E-state index in [1.165, 1.54) is 0 Å². The summed E-state index contributed by atoms with van der Waals surface area (Å²) in [4.78, 5) is 28.7. The Morgan fingerprint density at radius 1 is 0.886 bits per heavy atom. The van der Waals surface area contributed by atoms with Gasteiger partial charge in [-0.05, 0) is 28.8 Å². The summed E-state index contributed by atoms with van der Waals surface area (Å²) < 4.78 is 10.7. The number of rotatable bonds is 12. The largest absolute Gasteiger partial charge is 0.493 e. The Morgan fingerprint density at radius 2 is 1.51 bits per heavy atom. The summed E-state index contributed by atoms with van der Waals surface area (Å²) >= 11 is 0. The first-order chi connectivity index (χ1) is 17.0. The summed E-state index contributed by atoms with van der Waals surface area (Å²) in [7, 11) is 3.13. The average molecular weight is 473 g/mol. The molecule has 0 aliphatic rings. The molecule has 3 aromatic carbocycles. The van der Waals surface area contributed by atoms with Crippen LogP contribution in [0, 0.1) is 0 Å². The summed E-state index contributed by atoms with van der Waals surface area (Å²) in [6.45, 7) is 4.33. The predicted octanol–water partition coefficient (Wildman–Crippen LogP) is 4.19. The Bertz CT molecular complexity index is 1120. The monoisotopic (exact) mass is 472 g/mol. The Kier molecular flexibility index (Phi) is 9.49. The van der Waals surface area contributed by atoms with Crippen molar-refractivity contribution in [3.63, 3.8) is 0 Å². The van der Waals surface area contributed by atoms with E-state index in [1.807, 2.05) is 66.7 Å². The van der Waals surface area contributed by atoms with E-state index in [4.69, 9.17) is 9.47 Å². The average Bonchev–Trinajstić information content (AvgIpc) is 2.90. The van der Waals surface area contributed by atoms with Crippen molar-refractivity contribution in [2.24, 2.45) is 0 Å². The normalized spacial score (nSPS) is 11.3. The molecule has 0 fully saturated rings. The molecule has 0 aromatic heterocycles. The molecule has 0 aliphatic carbocycles. The highest BCUT2D eigenvalue weighted by atomic mass is 16.5. The zero-order valence-corrected chi connectivity index (χ0v) is 20.3. The van der Waals surface area contributed by atoms with Gasteiger partial charge in [-0.2, -0.15) is 0 Å². The van der Waals surface area contributed by atoms with E-state index in [1.54, 1.807) is 37.3 Å². The van der Waals surface area contributed by atoms with Crippen LogP contribution in [-0.2, 0) is 29.0 Å². The van der Waals surface area contributed by atoms with Crippen LogP contribution >= 0.6 is 0 Å². The van der Waals surface area contributed by atoms with Crippen molar-refractivity contribution in [1.82, 2.24) is 10.2 Å². The highest BCUT2D eigenvalue weighted by Crippen LogP contribution is 2.28. The van der Waals surface area contributed by atoms with Crippen molar-refractivity contribution in [3.05, 3.63) is 108 Å². The topological polar surface area (TPSA) is 67.9 Å². The molecule has 0 radical (unpaired) electrons. The number of amides is 2. The molecule has 6 nitrogen and oxygen atoms in total. The lowest BCUT2D eigenvalue weighted by atomic mass is 10.0. The number of benzene rings is 3. The zero-order chi connectivity index (χ0) is 25.0. The molecule has 0 unspecified atom stereocenters. The Morgan fingerprint density at radius 3 is 2.11 bits per heavy atom. The van der Waals surface area contributed by atoms with E-state index >= 15 is 0 Å². The van der Waals surface area contributed by atoms with Crippen LogP contribution in [0.3, 0.4) is 0 Å². The van der Waals surface area contributed by atoms with E-state index in [2.05, 4.69) is 11.9 Å². The molecular formula is C29H32N2O4. The maximum atomic E-state index is 13.7. The van der Waals surface area contributed by atoms with E-state index in [0.717, 1.165) is 16.7 Å². The van der Waals surface area contributed by atoms with E-state index in [9.17, 15) is 9.59 Å². The SMILES string of the molecule is C=CCNC(=O)[C@@H](Cc1ccccc1)N(Cc1ccccc1)C(=O)Cc1ccc(OC)c(OC)c1. The maximum absolute atomic E-state index is 13.7. The van der Waals surface area contributed by atoms with Crippen LogP contribution in [0.4, 0.5) is 0 Å². The van der Waals surface area contributed by atoms with Crippen LogP contribution in [-0.4, -0.2) is 43.5 Å². The minimum Gasteiger partial charge on any atom is -0.493 e. The molecule has 0 heterocycles. The summed E-state index contributed by atoms with van der Waals surface area (Å²) in [5.74, 6) is 0.772. The van der Waals surface area contributed by atoms with Crippen LogP contribution < -0.4 is 14.8 Å². The highest BCUT2D eigenvalue weighted by Gasteiger charge is 2.30. The van der Waals surface area contributed by atoms with E-state index < -0.39 is 6.04 Å². The molecule has 0 saturated carbocycles. The second kappa shape index (κ2) is 13.0. The smallest absolute Gasteiger partial charge is 0.243 e. The van der Waals surface area contributed by atoms with Crippen LogP contribution in [0.5, 0.6) is 11.5 Å². The van der Waals surface area contributed by atoms with Crippen molar-refractivity contribution in [1.29, 1.82) is 0 Å². The standard InChI is InChI=1S/C29H32N2O4/c1-4-17-30-29(33)25(18-22-11-7-5-8-12-22)31(21-23-13-9-6-10-14-23)28(32)20-24-15-16-26(34-2)27(19-24)35-3/h4-16,19,25H,1,17-18,20-21H2,2-3H3,(H,30,33)/t25-/m1/s1. The fraction of sp³-hybridized carbons (Fsp3) is 0.241. The first-order valence-corrected chi connectivity index (χ1v) is 11.5. The van der Waals surface area contributed by atoms with Crippen molar-refractivity contribution in [2.45, 2.75) is 25.4 Å². The van der Waals surface area contributed by atoms with Gasteiger partial charge in [0.15, 0.2) is 11.5 Å². The third-order valence-electron chi connectivity index (χ3n) is 5.69. The first kappa shape index (κ1) is 25.6. The van der Waals surface area contributed by atoms with Gasteiger partial charge in [-0.15, -0.1) is 6.58 Å². The Labute approximate surface area is 207 Å². The number of methoxy groups -OCH3 is 2. The van der Waals surface area contributed by atoms with Crippen LogP contribution in [0.25, 0.3) is 0 Å². The third-order valence-corrected chi connectivity index (χ3v) is 5.69. The van der Waals surface area contributed by atoms with Crippen LogP contribution in [0.2, 0.25) is 0 Å². The van der Waals surface area contributed by atoms with Gasteiger partial charge in [0.2, 0.25) is 11.8 Å². The van der Waals surface area contributed by atoms with Gasteiger partial charge in [0.25, 0.3) is 0 Å². The molecule has 0 aliphatic heterocycles. The second-order valence-corrected chi connectivity index (χ2v) is 8.11. The molecule has 0 saturated heterocycles. The van der Waals surface area contributed by atoms with Gasteiger partial charge in [-0.25, -0.2) is 0 Å². The zero-order valence-electron chi connectivity index (χ0n) is 20.3. The third kappa shape index (κ3) is 7.21. The summed E-state index contributed by atoms with van der Waals surface area (Å²) in [6, 6.07) is 24.1. The molecule has 3 aromatic rings. The molecule has 182 valence electrons. The summed E-state index contributed by atoms with van der Waals surface area (Å²) in [5.41, 5.74) is 2.70. The molecule has 2 amide bonds. The molecule has 0 bridgehead atoms. The number of nitrogens with zero attached hydrogens (tertiary/aromatic N) is 1. The lowest BCUT2D eigenvalue weighted by Gasteiger charge is -2.31. The molecule has 0 spiro atoms. The lowest BCUT2D eigenvalue weighted by Crippen LogP contribution is -2.51. The molecule has 1 N–H and O–H groups in total. The van der Waals surface area contributed by atoms with Gasteiger partial charge in [0, 0.05) is 19.5 Å². The van der Waals surface area contributed by atoms with Crippen molar-refractivity contribution < 1.29 is 19.1 Å². The van der Waals surface area contributed by atoms with Crippen molar-refractivity contribution >= 4 is 11.8 Å². The molecule has 3 rings (SSSR count). The number of nitrogens with one attached hydrogen (secondary N) is 1. The lowest BCUT2D eigenvalue weighted by molar-refractivity contribution is -0.140. The van der Waals surface area contributed by atoms with Crippen LogP contribution in [0.15, 0.2) is 91.5 Å². The van der Waals surface area contributed by atoms with Gasteiger partial charge >= 0.3 is 0 Å². The van der Waals surface area contributed by atoms with Gasteiger partial charge < -0.3 is 19.7 Å². The fourth-order valence-electron chi connectivity index (χ4n) is 3.89. The van der Waals surface area contributed by atoms with Crippen molar-refractivity contribution in [2.75, 3.05) is 20.8 Å². The van der Waals surface area contributed by atoms with Gasteiger partial charge in [-0.1, -0.05) is 72.8 Å². The molecule has 1 atom stereocenters. The van der Waals surface area contributed by atoms with Crippen molar-refractivity contribution in [3.8, 4) is 11.5 Å². The fourth-order valence-corrected chi connectivity index (χ4v) is 3.89. The van der Waals surface area contributed by atoms with Gasteiger partial charge in [0.05, 0.1) is 20.6 Å². The minimum absolute atomic E-state index is 0.118. The maximum Gasteiger partial charge on any atom is 0.243 e. The van der Waals surface area contributed by atoms with Gasteiger partial charge in [-0.3, -0.25) is 9.59 Å². The number of carbonyl (C=O) groups excluding carboxylic acids is 2. The summed E-state index contributed by atoms with van der Waals surface area (Å²) in [5, 5.41) is 2.88. The number of carbonyl (C=O) groups is 2. The Hall–Kier alpha value is -4.06. The van der Waals surface area contributed by atoms with Gasteiger partial charge in [0.1, 0.15) is 6.04 Å². The first-order valence-electron chi connectivity index (χ1n) is 11.5. The quantitative estimate of drug-likeness (QED) is 0.402. The molecular weight excluding hydrogens is 440 g/mol. The molecule has 6 heteroatoms. The Balaban J connectivity index is 1.95. The van der Waals surface area contributed by atoms with E-state index in [0.29, 0.717) is 31.0 Å². The summed E-state index contributed by atoms with van der Waals surface area (Å²) in [6.07, 6.45) is 2.14. The predicted molar refractivity (Wildman–Crippen MR) is 137 cm³/mol. The number of hydrogen-bond acceptors (Lipinski definition) is 4. The number of hydrogen-bond donors (Lipinski definition) is 1. The van der Waals surface area contributed by atoms with Crippen LogP contribution in [0.1, 0.15) is 16.7 Å². The minimum atomic E-state index is -0.690. The number of ether oxygens (including phenoxy) is 2. The molecule has 35 heavy (non-hydrogen) atoms.